The van der Waals surface area contributed by atoms with E-state index in [2.05, 4.69) is 26.1 Å². The predicted molar refractivity (Wildman–Crippen MR) is 46.7 cm³/mol. The first-order chi connectivity index (χ1) is 5.12. The van der Waals surface area contributed by atoms with Crippen LogP contribution in [0.3, 0.4) is 0 Å². The third-order valence-corrected chi connectivity index (χ3v) is 2.19. The van der Waals surface area contributed by atoms with Crippen molar-refractivity contribution >= 4 is 0 Å². The smallest absolute Gasteiger partial charge is 0.0649 e. The molecule has 1 unspecified atom stereocenters. The zero-order valence-electron chi connectivity index (χ0n) is 7.81. The molecule has 2 nitrogen and oxygen atoms in total. The summed E-state index contributed by atoms with van der Waals surface area (Å²) in [6.07, 6.45) is 2.90. The molecule has 0 amide bonds. The van der Waals surface area contributed by atoms with Gasteiger partial charge in [-0.3, -0.25) is 0 Å². The summed E-state index contributed by atoms with van der Waals surface area (Å²) in [6.45, 7) is 8.40. The summed E-state index contributed by atoms with van der Waals surface area (Å²) in [5.41, 5.74) is 0.254. The van der Waals surface area contributed by atoms with Crippen molar-refractivity contribution in [1.29, 1.82) is 0 Å². The van der Waals surface area contributed by atoms with Crippen LogP contribution in [0.5, 0.6) is 0 Å². The van der Waals surface area contributed by atoms with Crippen molar-refractivity contribution in [3.8, 4) is 0 Å². The lowest BCUT2D eigenvalue weighted by molar-refractivity contribution is 0.0390. The summed E-state index contributed by atoms with van der Waals surface area (Å²) in [5.74, 6) is 0. The average Bonchev–Trinajstić information content (AvgIpc) is 2.33. The Hall–Kier alpha value is -0.0800. The second-order valence-corrected chi connectivity index (χ2v) is 3.95. The Morgan fingerprint density at radius 2 is 2.27 bits per heavy atom. The molecular formula is C9H19NO. The van der Waals surface area contributed by atoms with Gasteiger partial charge in [0.25, 0.3) is 0 Å². The van der Waals surface area contributed by atoms with E-state index in [-0.39, 0.29) is 5.54 Å². The molecule has 1 N–H and O–H groups in total. The van der Waals surface area contributed by atoms with Crippen molar-refractivity contribution in [2.75, 3.05) is 13.2 Å². The first-order valence-corrected chi connectivity index (χ1v) is 4.49. The van der Waals surface area contributed by atoms with Gasteiger partial charge in [-0.05, 0) is 40.2 Å². The van der Waals surface area contributed by atoms with Crippen LogP contribution in [0.2, 0.25) is 0 Å². The number of rotatable bonds is 3. The first-order valence-electron chi connectivity index (χ1n) is 4.49. The SMILES string of the molecule is CC(C)OCC1(C)CCCN1. The van der Waals surface area contributed by atoms with E-state index in [1.165, 1.54) is 12.8 Å². The van der Waals surface area contributed by atoms with E-state index in [1.54, 1.807) is 0 Å². The molecule has 1 fully saturated rings. The third kappa shape index (κ3) is 2.80. The zero-order chi connectivity index (χ0) is 8.32. The second-order valence-electron chi connectivity index (χ2n) is 3.95. The summed E-state index contributed by atoms with van der Waals surface area (Å²) >= 11 is 0. The van der Waals surface area contributed by atoms with Gasteiger partial charge in [0, 0.05) is 5.54 Å². The lowest BCUT2D eigenvalue weighted by atomic mass is 10.0. The van der Waals surface area contributed by atoms with Crippen LogP contribution in [0.25, 0.3) is 0 Å². The summed E-state index contributed by atoms with van der Waals surface area (Å²) in [4.78, 5) is 0. The summed E-state index contributed by atoms with van der Waals surface area (Å²) in [5, 5.41) is 3.46. The van der Waals surface area contributed by atoms with E-state index < -0.39 is 0 Å². The molecular weight excluding hydrogens is 138 g/mol. The Morgan fingerprint density at radius 3 is 2.73 bits per heavy atom. The molecule has 2 heteroatoms. The molecule has 0 aromatic carbocycles. The molecule has 0 spiro atoms. The number of ether oxygens (including phenoxy) is 1. The molecule has 0 aromatic heterocycles. The van der Waals surface area contributed by atoms with Crippen molar-refractivity contribution in [1.82, 2.24) is 5.32 Å². The van der Waals surface area contributed by atoms with E-state index in [0.717, 1.165) is 13.2 Å². The monoisotopic (exact) mass is 157 g/mol. The highest BCUT2D eigenvalue weighted by Crippen LogP contribution is 2.18. The highest BCUT2D eigenvalue weighted by atomic mass is 16.5. The fourth-order valence-corrected chi connectivity index (χ4v) is 1.43. The molecule has 1 rings (SSSR count). The van der Waals surface area contributed by atoms with Gasteiger partial charge in [0.15, 0.2) is 0 Å². The van der Waals surface area contributed by atoms with Crippen molar-refractivity contribution in [3.63, 3.8) is 0 Å². The van der Waals surface area contributed by atoms with Gasteiger partial charge in [0.1, 0.15) is 0 Å². The van der Waals surface area contributed by atoms with Gasteiger partial charge in [0.05, 0.1) is 12.7 Å². The quantitative estimate of drug-likeness (QED) is 0.671. The van der Waals surface area contributed by atoms with Crippen LogP contribution in [0.4, 0.5) is 0 Å². The van der Waals surface area contributed by atoms with Crippen LogP contribution in [-0.4, -0.2) is 24.8 Å². The Morgan fingerprint density at radius 1 is 1.55 bits per heavy atom. The van der Waals surface area contributed by atoms with E-state index in [1.807, 2.05) is 0 Å². The summed E-state index contributed by atoms with van der Waals surface area (Å²) in [7, 11) is 0. The summed E-state index contributed by atoms with van der Waals surface area (Å²) < 4.78 is 5.57. The maximum atomic E-state index is 5.57. The maximum absolute atomic E-state index is 5.57. The van der Waals surface area contributed by atoms with Crippen LogP contribution in [0.15, 0.2) is 0 Å². The van der Waals surface area contributed by atoms with Crippen LogP contribution >= 0.6 is 0 Å². The Kier molecular flexibility index (Phi) is 2.90. The molecule has 1 heterocycles. The Labute approximate surface area is 69.3 Å². The first kappa shape index (κ1) is 9.01. The van der Waals surface area contributed by atoms with Gasteiger partial charge in [0.2, 0.25) is 0 Å². The van der Waals surface area contributed by atoms with E-state index >= 15 is 0 Å². The molecule has 1 aliphatic heterocycles. The minimum atomic E-state index is 0.254. The normalized spacial score (nSPS) is 31.6. The van der Waals surface area contributed by atoms with Crippen LogP contribution in [-0.2, 0) is 4.74 Å². The Bertz CT molecular complexity index is 117. The van der Waals surface area contributed by atoms with Crippen molar-refractivity contribution in [2.24, 2.45) is 0 Å². The third-order valence-electron chi connectivity index (χ3n) is 2.19. The van der Waals surface area contributed by atoms with Crippen LogP contribution in [0, 0.1) is 0 Å². The summed E-state index contributed by atoms with van der Waals surface area (Å²) in [6, 6.07) is 0. The Balaban J connectivity index is 2.23. The number of nitrogens with one attached hydrogen (secondary N) is 1. The molecule has 0 bridgehead atoms. The van der Waals surface area contributed by atoms with Gasteiger partial charge in [-0.2, -0.15) is 0 Å². The van der Waals surface area contributed by atoms with Gasteiger partial charge < -0.3 is 10.1 Å². The zero-order valence-corrected chi connectivity index (χ0v) is 7.81. The van der Waals surface area contributed by atoms with Gasteiger partial charge in [-0.25, -0.2) is 0 Å². The van der Waals surface area contributed by atoms with Crippen LogP contribution < -0.4 is 5.32 Å². The highest BCUT2D eigenvalue weighted by molar-refractivity contribution is 4.88. The maximum Gasteiger partial charge on any atom is 0.0649 e. The highest BCUT2D eigenvalue weighted by Gasteiger charge is 2.28. The molecule has 0 aliphatic carbocycles. The molecule has 0 aromatic rings. The van der Waals surface area contributed by atoms with Gasteiger partial charge >= 0.3 is 0 Å². The molecule has 1 atom stereocenters. The molecule has 11 heavy (non-hydrogen) atoms. The van der Waals surface area contributed by atoms with Crippen molar-refractivity contribution in [2.45, 2.75) is 45.3 Å². The molecule has 0 radical (unpaired) electrons. The van der Waals surface area contributed by atoms with Crippen molar-refractivity contribution in [3.05, 3.63) is 0 Å². The molecule has 1 saturated heterocycles. The van der Waals surface area contributed by atoms with E-state index in [9.17, 15) is 0 Å². The average molecular weight is 157 g/mol. The fourth-order valence-electron chi connectivity index (χ4n) is 1.43. The van der Waals surface area contributed by atoms with Crippen molar-refractivity contribution < 1.29 is 4.74 Å². The largest absolute Gasteiger partial charge is 0.377 e. The lowest BCUT2D eigenvalue weighted by Gasteiger charge is -2.25. The van der Waals surface area contributed by atoms with E-state index in [4.69, 9.17) is 4.74 Å². The minimum absolute atomic E-state index is 0.254. The number of hydrogen-bond acceptors (Lipinski definition) is 2. The van der Waals surface area contributed by atoms with E-state index in [0.29, 0.717) is 6.10 Å². The standard InChI is InChI=1S/C9H19NO/c1-8(2)11-7-9(3)5-4-6-10-9/h8,10H,4-7H2,1-3H3. The fraction of sp³-hybridized carbons (Fsp3) is 1.00. The molecule has 66 valence electrons. The number of hydrogen-bond donors (Lipinski definition) is 1. The van der Waals surface area contributed by atoms with Crippen LogP contribution in [0.1, 0.15) is 33.6 Å². The van der Waals surface area contributed by atoms with Gasteiger partial charge in [-0.1, -0.05) is 0 Å². The van der Waals surface area contributed by atoms with Gasteiger partial charge in [-0.15, -0.1) is 0 Å². The molecule has 0 saturated carbocycles. The predicted octanol–water partition coefficient (Wildman–Crippen LogP) is 1.55. The second kappa shape index (κ2) is 3.55. The minimum Gasteiger partial charge on any atom is -0.377 e. The lowest BCUT2D eigenvalue weighted by Crippen LogP contribution is -2.41. The molecule has 1 aliphatic rings. The topological polar surface area (TPSA) is 21.3 Å².